The van der Waals surface area contributed by atoms with Gasteiger partial charge in [-0.25, -0.2) is 0 Å². The molecule has 34 heavy (non-hydrogen) atoms. The minimum absolute atomic E-state index is 0.0538. The Bertz CT molecular complexity index is 1680. The monoisotopic (exact) mass is 440 g/mol. The van der Waals surface area contributed by atoms with Gasteiger partial charge in [0.15, 0.2) is 0 Å². The summed E-state index contributed by atoms with van der Waals surface area (Å²) >= 11 is 0. The molecule has 0 bridgehead atoms. The summed E-state index contributed by atoms with van der Waals surface area (Å²) in [6, 6.07) is 34.1. The van der Waals surface area contributed by atoms with Crippen molar-refractivity contribution in [1.29, 1.82) is 0 Å². The van der Waals surface area contributed by atoms with E-state index in [-0.39, 0.29) is 17.4 Å². The molecule has 7 rings (SSSR count). The Kier molecular flexibility index (Phi) is 3.91. The Morgan fingerprint density at radius 1 is 0.500 bits per heavy atom. The van der Waals surface area contributed by atoms with Gasteiger partial charge in [-0.2, -0.15) is 0 Å². The Labute approximate surface area is 196 Å². The number of fused-ring (bicyclic) bond motifs is 7. The van der Waals surface area contributed by atoms with Gasteiger partial charge in [0.1, 0.15) is 23.0 Å². The second-order valence-electron chi connectivity index (χ2n) is 8.85. The van der Waals surface area contributed by atoms with Crippen LogP contribution in [0.5, 0.6) is 23.0 Å². The molecule has 0 atom stereocenters. The molecule has 1 heterocycles. The van der Waals surface area contributed by atoms with E-state index in [1.54, 1.807) is 12.1 Å². The highest BCUT2D eigenvalue weighted by Crippen LogP contribution is 2.53. The lowest BCUT2D eigenvalue weighted by molar-refractivity contribution is 0.461. The van der Waals surface area contributed by atoms with Crippen molar-refractivity contribution in [1.82, 2.24) is 0 Å². The molecular formula is C31H20O3. The Morgan fingerprint density at radius 3 is 1.71 bits per heavy atom. The van der Waals surface area contributed by atoms with Gasteiger partial charge in [-0.05, 0) is 28.5 Å². The summed E-state index contributed by atoms with van der Waals surface area (Å²) in [4.78, 5) is 0. The van der Waals surface area contributed by atoms with Crippen molar-refractivity contribution in [3.05, 3.63) is 120 Å². The smallest absolute Gasteiger partial charge is 0.139 e. The zero-order valence-corrected chi connectivity index (χ0v) is 18.2. The van der Waals surface area contributed by atoms with E-state index in [4.69, 9.17) is 4.74 Å². The van der Waals surface area contributed by atoms with E-state index in [0.717, 1.165) is 44.2 Å². The van der Waals surface area contributed by atoms with Gasteiger partial charge in [-0.15, -0.1) is 0 Å². The summed E-state index contributed by atoms with van der Waals surface area (Å²) in [5.41, 5.74) is 3.28. The fourth-order valence-corrected chi connectivity index (χ4v) is 5.36. The van der Waals surface area contributed by atoms with Gasteiger partial charge >= 0.3 is 0 Å². The van der Waals surface area contributed by atoms with Gasteiger partial charge in [0.2, 0.25) is 0 Å². The van der Waals surface area contributed by atoms with Crippen molar-refractivity contribution in [2.75, 3.05) is 0 Å². The molecule has 0 saturated heterocycles. The molecule has 0 spiro atoms. The molecule has 0 aliphatic carbocycles. The predicted octanol–water partition coefficient (Wildman–Crippen LogP) is 7.84. The summed E-state index contributed by atoms with van der Waals surface area (Å²) in [5.74, 6) is 1.90. The summed E-state index contributed by atoms with van der Waals surface area (Å²) in [5, 5.41) is 26.6. The normalized spacial score (nSPS) is 13.1. The number of hydrogen-bond acceptors (Lipinski definition) is 3. The van der Waals surface area contributed by atoms with Crippen LogP contribution in [0.4, 0.5) is 0 Å². The van der Waals surface area contributed by atoms with Crippen LogP contribution >= 0.6 is 0 Å². The van der Waals surface area contributed by atoms with Gasteiger partial charge < -0.3 is 14.9 Å². The number of hydrogen-bond donors (Lipinski definition) is 2. The molecule has 1 aliphatic rings. The van der Waals surface area contributed by atoms with Crippen LogP contribution in [0.1, 0.15) is 22.6 Å². The molecular weight excluding hydrogens is 420 g/mol. The highest BCUT2D eigenvalue weighted by molar-refractivity contribution is 5.99. The third kappa shape index (κ3) is 2.64. The van der Waals surface area contributed by atoms with Crippen molar-refractivity contribution in [2.45, 2.75) is 5.92 Å². The van der Waals surface area contributed by atoms with Crippen LogP contribution in [-0.4, -0.2) is 10.2 Å². The van der Waals surface area contributed by atoms with E-state index in [1.807, 2.05) is 36.4 Å². The van der Waals surface area contributed by atoms with Crippen LogP contribution in [0.3, 0.4) is 0 Å². The molecule has 6 aromatic carbocycles. The van der Waals surface area contributed by atoms with E-state index < -0.39 is 0 Å². The molecule has 1 aliphatic heterocycles. The second-order valence-corrected chi connectivity index (χ2v) is 8.85. The fourth-order valence-electron chi connectivity index (χ4n) is 5.36. The molecule has 0 fully saturated rings. The first-order valence-corrected chi connectivity index (χ1v) is 11.3. The van der Waals surface area contributed by atoms with Gasteiger partial charge in [0.05, 0.1) is 0 Å². The lowest BCUT2D eigenvalue weighted by Crippen LogP contribution is -2.12. The van der Waals surface area contributed by atoms with Crippen LogP contribution in [0.2, 0.25) is 0 Å². The molecule has 162 valence electrons. The van der Waals surface area contributed by atoms with E-state index in [0.29, 0.717) is 0 Å². The first kappa shape index (κ1) is 19.0. The third-order valence-electron chi connectivity index (χ3n) is 6.97. The maximum Gasteiger partial charge on any atom is 0.139 e. The average Bonchev–Trinajstić information content (AvgIpc) is 2.87. The van der Waals surface area contributed by atoms with E-state index in [1.165, 1.54) is 16.3 Å². The number of phenolic OH excluding ortho intramolecular Hbond substituents is 2. The first-order valence-electron chi connectivity index (χ1n) is 11.3. The average molecular weight is 440 g/mol. The second kappa shape index (κ2) is 7.00. The molecule has 0 aromatic heterocycles. The number of rotatable bonds is 1. The quantitative estimate of drug-likeness (QED) is 0.273. The summed E-state index contributed by atoms with van der Waals surface area (Å²) in [6.07, 6.45) is 0. The molecule has 0 amide bonds. The Balaban J connectivity index is 1.58. The molecule has 0 unspecified atom stereocenters. The lowest BCUT2D eigenvalue weighted by Gasteiger charge is -2.31. The van der Waals surface area contributed by atoms with Crippen molar-refractivity contribution >= 4 is 32.3 Å². The molecule has 2 N–H and O–H groups in total. The number of ether oxygens (including phenoxy) is 1. The Hall–Kier alpha value is -4.50. The van der Waals surface area contributed by atoms with Crippen LogP contribution < -0.4 is 4.74 Å². The number of benzene rings is 6. The van der Waals surface area contributed by atoms with Gasteiger partial charge in [0.25, 0.3) is 0 Å². The topological polar surface area (TPSA) is 49.7 Å². The zero-order chi connectivity index (χ0) is 22.8. The van der Waals surface area contributed by atoms with Crippen LogP contribution in [-0.2, 0) is 0 Å². The standard InChI is InChI=1S/C31H20O3/c32-27-9-3-7-23-21(27)13-15-25-29(20-12-11-18-5-1-2-6-19(18)17-20)26-16-14-22-24(8-4-10-28(22)33)31(26)34-30(23)25/h1-17,29,32-33H. The van der Waals surface area contributed by atoms with Crippen LogP contribution in [0.15, 0.2) is 103 Å². The first-order chi connectivity index (χ1) is 16.7. The van der Waals surface area contributed by atoms with E-state index >= 15 is 0 Å². The maximum atomic E-state index is 10.5. The number of phenols is 2. The fraction of sp³-hybridized carbons (Fsp3) is 0.0323. The minimum atomic E-state index is -0.0538. The van der Waals surface area contributed by atoms with Crippen LogP contribution in [0.25, 0.3) is 32.3 Å². The highest BCUT2D eigenvalue weighted by Gasteiger charge is 2.32. The molecule has 3 nitrogen and oxygen atoms in total. The van der Waals surface area contributed by atoms with Gasteiger partial charge in [-0.1, -0.05) is 91.0 Å². The van der Waals surface area contributed by atoms with Gasteiger partial charge in [0, 0.05) is 38.6 Å². The Morgan fingerprint density at radius 2 is 1.09 bits per heavy atom. The largest absolute Gasteiger partial charge is 0.507 e. The summed E-state index contributed by atoms with van der Waals surface area (Å²) in [6.45, 7) is 0. The van der Waals surface area contributed by atoms with Crippen molar-refractivity contribution in [3.63, 3.8) is 0 Å². The minimum Gasteiger partial charge on any atom is -0.507 e. The lowest BCUT2D eigenvalue weighted by atomic mass is 9.80. The SMILES string of the molecule is Oc1cccc2c3c(ccc12)C(c1ccc2ccccc2c1)c1ccc2c(O)cccc2c1O3. The third-order valence-corrected chi connectivity index (χ3v) is 6.97. The summed E-state index contributed by atoms with van der Waals surface area (Å²) in [7, 11) is 0. The van der Waals surface area contributed by atoms with E-state index in [2.05, 4.69) is 54.6 Å². The maximum absolute atomic E-state index is 10.5. The van der Waals surface area contributed by atoms with Crippen molar-refractivity contribution < 1.29 is 14.9 Å². The van der Waals surface area contributed by atoms with Crippen LogP contribution in [0, 0.1) is 0 Å². The van der Waals surface area contributed by atoms with Gasteiger partial charge in [-0.3, -0.25) is 0 Å². The molecule has 6 aromatic rings. The molecule has 0 radical (unpaired) electrons. The predicted molar refractivity (Wildman–Crippen MR) is 136 cm³/mol. The zero-order valence-electron chi connectivity index (χ0n) is 18.2. The van der Waals surface area contributed by atoms with Crippen molar-refractivity contribution in [2.24, 2.45) is 0 Å². The molecule has 0 saturated carbocycles. The summed E-state index contributed by atoms with van der Waals surface area (Å²) < 4.78 is 6.63. The van der Waals surface area contributed by atoms with E-state index in [9.17, 15) is 10.2 Å². The highest BCUT2D eigenvalue weighted by atomic mass is 16.5. The number of aromatic hydroxyl groups is 2. The van der Waals surface area contributed by atoms with Crippen molar-refractivity contribution in [3.8, 4) is 23.0 Å². The molecule has 3 heteroatoms.